The second-order valence-corrected chi connectivity index (χ2v) is 9.61. The van der Waals surface area contributed by atoms with Crippen LogP contribution in [0.3, 0.4) is 0 Å². The van der Waals surface area contributed by atoms with Crippen molar-refractivity contribution in [2.45, 2.75) is 18.4 Å². The molecule has 36 heavy (non-hydrogen) atoms. The number of benzene rings is 2. The topological polar surface area (TPSA) is 89.6 Å². The summed E-state index contributed by atoms with van der Waals surface area (Å²) in [7, 11) is 0. The third-order valence-corrected chi connectivity index (χ3v) is 7.03. The summed E-state index contributed by atoms with van der Waals surface area (Å²) >= 11 is 6.02. The lowest BCUT2D eigenvalue weighted by molar-refractivity contribution is 0.0931. The molecule has 3 heterocycles. The lowest BCUT2D eigenvalue weighted by atomic mass is 10.0. The predicted octanol–water partition coefficient (Wildman–Crippen LogP) is 4.51. The number of pyridine rings is 1. The molecule has 0 unspecified atom stereocenters. The smallest absolute Gasteiger partial charge is 0.251 e. The van der Waals surface area contributed by atoms with Gasteiger partial charge in [0.15, 0.2) is 5.84 Å². The molecule has 3 aromatic rings. The third-order valence-electron chi connectivity index (χ3n) is 6.78. The fourth-order valence-electron chi connectivity index (χ4n) is 4.72. The number of hydrogen-bond acceptors (Lipinski definition) is 5. The number of aromatic amines is 1. The maximum atomic E-state index is 13.0. The van der Waals surface area contributed by atoms with Crippen LogP contribution >= 0.6 is 11.6 Å². The first-order valence-electron chi connectivity index (χ1n) is 11.9. The van der Waals surface area contributed by atoms with E-state index in [1.807, 2.05) is 66.7 Å². The maximum absolute atomic E-state index is 13.0. The molecule has 1 fully saturated rings. The van der Waals surface area contributed by atoms with Crippen molar-refractivity contribution in [3.8, 4) is 0 Å². The van der Waals surface area contributed by atoms with Crippen LogP contribution in [0.1, 0.15) is 34.3 Å². The lowest BCUT2D eigenvalue weighted by Gasteiger charge is -2.28. The highest BCUT2D eigenvalue weighted by atomic mass is 35.5. The Morgan fingerprint density at radius 2 is 1.81 bits per heavy atom. The number of nitrogens with one attached hydrogen (secondary N) is 3. The number of allylic oxidation sites excluding steroid dienone is 2. The van der Waals surface area contributed by atoms with Gasteiger partial charge in [-0.15, -0.1) is 0 Å². The summed E-state index contributed by atoms with van der Waals surface area (Å²) in [6.07, 6.45) is 7.45. The summed E-state index contributed by atoms with van der Waals surface area (Å²) in [5.74, 6) is 0.746. The fourth-order valence-corrected chi connectivity index (χ4v) is 4.85. The minimum Gasteiger partial charge on any atom is -0.353 e. The third kappa shape index (κ3) is 4.22. The molecule has 3 aliphatic rings. The molecular weight excluding hydrogens is 474 g/mol. The zero-order valence-electron chi connectivity index (χ0n) is 19.4. The Morgan fingerprint density at radius 1 is 1.03 bits per heavy atom. The van der Waals surface area contributed by atoms with E-state index in [1.54, 1.807) is 12.3 Å². The number of aromatic nitrogens is 1. The Labute approximate surface area is 213 Å². The Kier molecular flexibility index (Phi) is 5.49. The van der Waals surface area contributed by atoms with E-state index in [1.165, 1.54) is 0 Å². The summed E-state index contributed by atoms with van der Waals surface area (Å²) in [4.78, 5) is 34.2. The molecule has 6 rings (SSSR count). The fraction of sp³-hybridized carbons (Fsp3) is 0.179. The highest BCUT2D eigenvalue weighted by Gasteiger charge is 2.45. The first kappa shape index (κ1) is 22.4. The molecule has 1 saturated carbocycles. The van der Waals surface area contributed by atoms with Crippen LogP contribution in [0.5, 0.6) is 0 Å². The number of carbonyl (C=O) groups excluding carboxylic acids is 1. The monoisotopic (exact) mass is 497 g/mol. The van der Waals surface area contributed by atoms with Gasteiger partial charge < -0.3 is 20.5 Å². The van der Waals surface area contributed by atoms with Gasteiger partial charge in [0, 0.05) is 40.6 Å². The number of amides is 1. The van der Waals surface area contributed by atoms with Crippen LogP contribution in [0.25, 0.3) is 5.70 Å². The SMILES string of the molecule is O=C(NC1(c2ccc(Cl)cc2)CC1)c1ccc(NC2=CC=C(c3cc[nH]c(=O)c3)N3CCN=C23)cc1. The summed E-state index contributed by atoms with van der Waals surface area (Å²) in [5, 5.41) is 7.31. The number of nitrogens with zero attached hydrogens (tertiary/aromatic N) is 2. The normalized spacial score (nSPS) is 17.5. The lowest BCUT2D eigenvalue weighted by Crippen LogP contribution is -2.34. The predicted molar refractivity (Wildman–Crippen MR) is 142 cm³/mol. The molecule has 7 nitrogen and oxygen atoms in total. The summed E-state index contributed by atoms with van der Waals surface area (Å²) < 4.78 is 0. The van der Waals surface area contributed by atoms with Gasteiger partial charge in [-0.1, -0.05) is 23.7 Å². The van der Waals surface area contributed by atoms with Gasteiger partial charge in [0.25, 0.3) is 5.91 Å². The molecule has 0 spiro atoms. The van der Waals surface area contributed by atoms with Crippen molar-refractivity contribution in [3.05, 3.63) is 117 Å². The minimum atomic E-state index is -0.302. The summed E-state index contributed by atoms with van der Waals surface area (Å²) in [6.45, 7) is 1.44. The van der Waals surface area contributed by atoms with E-state index in [0.717, 1.165) is 53.4 Å². The number of halogens is 1. The van der Waals surface area contributed by atoms with Crippen molar-refractivity contribution in [3.63, 3.8) is 0 Å². The number of hydrogen-bond donors (Lipinski definition) is 3. The van der Waals surface area contributed by atoms with Gasteiger partial charge in [0.2, 0.25) is 5.56 Å². The van der Waals surface area contributed by atoms with E-state index in [0.29, 0.717) is 17.1 Å². The standard InChI is InChI=1S/C28H24ClN5O2/c29-21-5-3-20(4-6-21)28(12-13-28)33-27(36)18-1-7-22(8-2-18)32-23-9-10-24(34-16-15-31-26(23)34)19-11-14-30-25(35)17-19/h1-11,14,17,32H,12-13,15-16H2,(H,30,35)(H,33,36). The number of anilines is 1. The van der Waals surface area contributed by atoms with Crippen LogP contribution < -0.4 is 16.2 Å². The van der Waals surface area contributed by atoms with Crippen LogP contribution in [0, 0.1) is 0 Å². The maximum Gasteiger partial charge on any atom is 0.251 e. The summed E-state index contributed by atoms with van der Waals surface area (Å²) in [5.41, 5.74) is 4.78. The number of fused-ring (bicyclic) bond motifs is 1. The molecular formula is C28H24ClN5O2. The average molecular weight is 498 g/mol. The van der Waals surface area contributed by atoms with E-state index >= 15 is 0 Å². The van der Waals surface area contributed by atoms with Crippen molar-refractivity contribution >= 4 is 34.7 Å². The number of rotatable bonds is 6. The van der Waals surface area contributed by atoms with E-state index in [9.17, 15) is 9.59 Å². The van der Waals surface area contributed by atoms with E-state index in [-0.39, 0.29) is 17.0 Å². The van der Waals surface area contributed by atoms with E-state index in [4.69, 9.17) is 11.6 Å². The Balaban J connectivity index is 1.17. The molecule has 2 aromatic carbocycles. The van der Waals surface area contributed by atoms with Crippen molar-refractivity contribution in [1.82, 2.24) is 15.2 Å². The van der Waals surface area contributed by atoms with Gasteiger partial charge in [-0.3, -0.25) is 14.6 Å². The largest absolute Gasteiger partial charge is 0.353 e. The van der Waals surface area contributed by atoms with Crippen LogP contribution in [0.4, 0.5) is 5.69 Å². The summed E-state index contributed by atoms with van der Waals surface area (Å²) in [6, 6.07) is 18.6. The van der Waals surface area contributed by atoms with Gasteiger partial charge in [-0.2, -0.15) is 0 Å². The van der Waals surface area contributed by atoms with Gasteiger partial charge in [-0.25, -0.2) is 0 Å². The Hall–Kier alpha value is -4.10. The Bertz CT molecular complexity index is 1480. The van der Waals surface area contributed by atoms with E-state index in [2.05, 4.69) is 25.5 Å². The molecule has 3 N–H and O–H groups in total. The zero-order chi connectivity index (χ0) is 24.7. The number of amidine groups is 1. The molecule has 180 valence electrons. The van der Waals surface area contributed by atoms with E-state index < -0.39 is 0 Å². The molecule has 1 amide bonds. The number of aliphatic imine (C=N–C) groups is 1. The number of H-pyrrole nitrogens is 1. The molecule has 0 atom stereocenters. The Morgan fingerprint density at radius 3 is 2.53 bits per heavy atom. The van der Waals surface area contributed by atoms with Crippen molar-refractivity contribution in [2.75, 3.05) is 18.4 Å². The van der Waals surface area contributed by atoms with Crippen LogP contribution in [0.2, 0.25) is 5.02 Å². The molecule has 1 aromatic heterocycles. The zero-order valence-corrected chi connectivity index (χ0v) is 20.2. The quantitative estimate of drug-likeness (QED) is 0.467. The highest BCUT2D eigenvalue weighted by molar-refractivity contribution is 6.30. The second-order valence-electron chi connectivity index (χ2n) is 9.18. The second kappa shape index (κ2) is 8.84. The number of carbonyl (C=O) groups is 1. The molecule has 0 bridgehead atoms. The molecule has 0 saturated heterocycles. The molecule has 8 heteroatoms. The van der Waals surface area contributed by atoms with Gasteiger partial charge >= 0.3 is 0 Å². The minimum absolute atomic E-state index is 0.0948. The first-order valence-corrected chi connectivity index (χ1v) is 12.3. The van der Waals surface area contributed by atoms with Gasteiger partial charge in [-0.05, 0) is 73.0 Å². The first-order chi connectivity index (χ1) is 17.5. The van der Waals surface area contributed by atoms with Gasteiger partial charge in [0.1, 0.15) is 0 Å². The van der Waals surface area contributed by atoms with Crippen LogP contribution in [-0.2, 0) is 5.54 Å². The molecule has 1 aliphatic carbocycles. The average Bonchev–Trinajstić information content (AvgIpc) is 3.49. The van der Waals surface area contributed by atoms with Crippen molar-refractivity contribution < 1.29 is 4.79 Å². The van der Waals surface area contributed by atoms with Crippen LogP contribution in [-0.4, -0.2) is 34.7 Å². The molecule has 0 radical (unpaired) electrons. The molecule has 2 aliphatic heterocycles. The van der Waals surface area contributed by atoms with Crippen LogP contribution in [0.15, 0.2) is 94.5 Å². The van der Waals surface area contributed by atoms with Crippen molar-refractivity contribution in [1.29, 1.82) is 0 Å². The van der Waals surface area contributed by atoms with Crippen molar-refractivity contribution in [2.24, 2.45) is 4.99 Å². The highest BCUT2D eigenvalue weighted by Crippen LogP contribution is 2.46. The van der Waals surface area contributed by atoms with Gasteiger partial charge in [0.05, 0.1) is 23.5 Å².